The van der Waals surface area contributed by atoms with Gasteiger partial charge in [-0.1, -0.05) is 0 Å². The van der Waals surface area contributed by atoms with Gasteiger partial charge in [-0.3, -0.25) is 14.8 Å². The maximum atomic E-state index is 11.5. The summed E-state index contributed by atoms with van der Waals surface area (Å²) in [7, 11) is 0. The van der Waals surface area contributed by atoms with Gasteiger partial charge in [-0.05, 0) is 12.8 Å². The predicted molar refractivity (Wildman–Crippen MR) is 89.5 cm³/mol. The van der Waals surface area contributed by atoms with Gasteiger partial charge in [0.15, 0.2) is 0 Å². The zero-order chi connectivity index (χ0) is 16.5. The normalized spacial score (nSPS) is 17.9. The van der Waals surface area contributed by atoms with Crippen LogP contribution in [-0.2, 0) is 4.79 Å². The smallest absolute Gasteiger partial charge is 0.225 e. The number of carbonyl (C=O) groups excluding carboxylic acids is 1. The Labute approximate surface area is 140 Å². The molecule has 2 fully saturated rings. The highest BCUT2D eigenvalue weighted by Crippen LogP contribution is 2.43. The van der Waals surface area contributed by atoms with E-state index in [1.54, 1.807) is 25.5 Å². The van der Waals surface area contributed by atoms with Crippen LogP contribution in [0.25, 0.3) is 11.3 Å². The van der Waals surface area contributed by atoms with Gasteiger partial charge in [0.25, 0.3) is 0 Å². The van der Waals surface area contributed by atoms with Crippen molar-refractivity contribution in [2.75, 3.05) is 31.1 Å². The van der Waals surface area contributed by atoms with Crippen LogP contribution >= 0.6 is 0 Å². The highest BCUT2D eigenvalue weighted by molar-refractivity contribution is 5.73. The summed E-state index contributed by atoms with van der Waals surface area (Å²) < 4.78 is 0. The zero-order valence-corrected chi connectivity index (χ0v) is 13.7. The van der Waals surface area contributed by atoms with E-state index < -0.39 is 0 Å². The van der Waals surface area contributed by atoms with Crippen molar-refractivity contribution in [1.29, 1.82) is 0 Å². The Morgan fingerprint density at radius 1 is 1.08 bits per heavy atom. The van der Waals surface area contributed by atoms with Gasteiger partial charge in [0.2, 0.25) is 11.9 Å². The molecule has 1 amide bonds. The van der Waals surface area contributed by atoms with Gasteiger partial charge >= 0.3 is 0 Å². The molecule has 2 aromatic heterocycles. The van der Waals surface area contributed by atoms with Crippen LogP contribution in [0.1, 0.15) is 31.4 Å². The van der Waals surface area contributed by atoms with Gasteiger partial charge in [0, 0.05) is 63.2 Å². The van der Waals surface area contributed by atoms with Gasteiger partial charge in [-0.2, -0.15) is 0 Å². The summed E-state index contributed by atoms with van der Waals surface area (Å²) in [5, 5.41) is 0. The van der Waals surface area contributed by atoms with E-state index in [9.17, 15) is 4.79 Å². The summed E-state index contributed by atoms with van der Waals surface area (Å²) >= 11 is 0. The monoisotopic (exact) mass is 324 g/mol. The molecule has 124 valence electrons. The first kappa shape index (κ1) is 15.0. The molecular formula is C17H20N6O. The number of amides is 1. The number of piperazine rings is 1. The number of nitrogens with zero attached hydrogens (tertiary/aromatic N) is 6. The van der Waals surface area contributed by atoms with E-state index in [0.717, 1.165) is 49.1 Å². The number of aromatic nitrogens is 4. The fourth-order valence-corrected chi connectivity index (χ4v) is 3.06. The second-order valence-corrected chi connectivity index (χ2v) is 6.33. The first-order valence-electron chi connectivity index (χ1n) is 8.36. The van der Waals surface area contributed by atoms with Gasteiger partial charge < -0.3 is 9.80 Å². The third-order valence-corrected chi connectivity index (χ3v) is 4.62. The molecule has 1 aliphatic heterocycles. The summed E-state index contributed by atoms with van der Waals surface area (Å²) in [6.45, 7) is 4.61. The third kappa shape index (κ3) is 2.93. The zero-order valence-electron chi connectivity index (χ0n) is 13.7. The molecule has 4 rings (SSSR count). The van der Waals surface area contributed by atoms with E-state index in [0.29, 0.717) is 5.92 Å². The molecule has 1 saturated carbocycles. The van der Waals surface area contributed by atoms with Crippen LogP contribution in [0.2, 0.25) is 0 Å². The van der Waals surface area contributed by atoms with Crippen LogP contribution in [0, 0.1) is 0 Å². The number of hydrogen-bond acceptors (Lipinski definition) is 6. The van der Waals surface area contributed by atoms with Crippen LogP contribution < -0.4 is 4.90 Å². The Hall–Kier alpha value is -2.57. The minimum Gasteiger partial charge on any atom is -0.339 e. The topological polar surface area (TPSA) is 75.1 Å². The summed E-state index contributed by atoms with van der Waals surface area (Å²) in [6.07, 6.45) is 9.34. The van der Waals surface area contributed by atoms with Crippen LogP contribution in [-0.4, -0.2) is 56.9 Å². The lowest BCUT2D eigenvalue weighted by atomic mass is 10.1. The summed E-state index contributed by atoms with van der Waals surface area (Å²) in [5.41, 5.74) is 2.89. The highest BCUT2D eigenvalue weighted by atomic mass is 16.2. The first-order valence-corrected chi connectivity index (χ1v) is 8.36. The lowest BCUT2D eigenvalue weighted by molar-refractivity contribution is -0.129. The molecule has 0 bridgehead atoms. The molecule has 0 aromatic carbocycles. The molecule has 1 aliphatic carbocycles. The number of rotatable bonds is 3. The van der Waals surface area contributed by atoms with E-state index in [-0.39, 0.29) is 5.91 Å². The predicted octanol–water partition coefficient (Wildman–Crippen LogP) is 1.48. The average molecular weight is 324 g/mol. The van der Waals surface area contributed by atoms with E-state index in [2.05, 4.69) is 19.9 Å². The van der Waals surface area contributed by atoms with Gasteiger partial charge in [-0.15, -0.1) is 0 Å². The van der Waals surface area contributed by atoms with Crippen molar-refractivity contribution in [2.24, 2.45) is 0 Å². The largest absolute Gasteiger partial charge is 0.339 e. The molecule has 0 atom stereocenters. The summed E-state index contributed by atoms with van der Waals surface area (Å²) in [6, 6.07) is 0. The molecule has 0 unspecified atom stereocenters. The Morgan fingerprint density at radius 3 is 2.50 bits per heavy atom. The number of anilines is 1. The average Bonchev–Trinajstić information content (AvgIpc) is 3.47. The van der Waals surface area contributed by atoms with Crippen LogP contribution in [0.4, 0.5) is 5.95 Å². The van der Waals surface area contributed by atoms with Gasteiger partial charge in [0.1, 0.15) is 0 Å². The van der Waals surface area contributed by atoms with Crippen LogP contribution in [0.3, 0.4) is 0 Å². The number of hydrogen-bond donors (Lipinski definition) is 0. The Bertz CT molecular complexity index is 738. The van der Waals surface area contributed by atoms with E-state index in [4.69, 9.17) is 4.98 Å². The molecule has 2 aromatic rings. The van der Waals surface area contributed by atoms with Gasteiger partial charge in [0.05, 0.1) is 17.6 Å². The third-order valence-electron chi connectivity index (χ3n) is 4.62. The standard InChI is InChI=1S/C17H20N6O/c1-12(24)22-6-8-23(9-7-22)17-20-10-14(15-11-18-4-5-19-15)16(21-17)13-2-3-13/h4-5,10-11,13H,2-3,6-9H2,1H3. The first-order chi connectivity index (χ1) is 11.7. The lowest BCUT2D eigenvalue weighted by Gasteiger charge is -2.34. The van der Waals surface area contributed by atoms with Crippen molar-refractivity contribution < 1.29 is 4.79 Å². The number of carbonyl (C=O) groups is 1. The molecular weight excluding hydrogens is 304 g/mol. The Kier molecular flexibility index (Phi) is 3.84. The minimum atomic E-state index is 0.132. The minimum absolute atomic E-state index is 0.132. The lowest BCUT2D eigenvalue weighted by Crippen LogP contribution is -2.48. The molecule has 0 N–H and O–H groups in total. The second-order valence-electron chi connectivity index (χ2n) is 6.33. The van der Waals surface area contributed by atoms with E-state index in [1.165, 1.54) is 12.8 Å². The molecule has 0 spiro atoms. The molecule has 2 aliphatic rings. The van der Waals surface area contributed by atoms with Crippen molar-refractivity contribution in [3.05, 3.63) is 30.5 Å². The quantitative estimate of drug-likeness (QED) is 0.851. The maximum Gasteiger partial charge on any atom is 0.225 e. The van der Waals surface area contributed by atoms with Crippen molar-refractivity contribution in [1.82, 2.24) is 24.8 Å². The molecule has 1 saturated heterocycles. The fraction of sp³-hybridized carbons (Fsp3) is 0.471. The van der Waals surface area contributed by atoms with Crippen molar-refractivity contribution in [2.45, 2.75) is 25.7 Å². The van der Waals surface area contributed by atoms with E-state index >= 15 is 0 Å². The molecule has 7 nitrogen and oxygen atoms in total. The Balaban J connectivity index is 1.60. The van der Waals surface area contributed by atoms with Crippen molar-refractivity contribution in [3.8, 4) is 11.3 Å². The highest BCUT2D eigenvalue weighted by Gasteiger charge is 2.30. The molecule has 7 heteroatoms. The summed E-state index contributed by atoms with van der Waals surface area (Å²) in [4.78, 5) is 33.4. The fourth-order valence-electron chi connectivity index (χ4n) is 3.06. The second kappa shape index (κ2) is 6.14. The van der Waals surface area contributed by atoms with Crippen LogP contribution in [0.15, 0.2) is 24.8 Å². The van der Waals surface area contributed by atoms with Crippen molar-refractivity contribution in [3.63, 3.8) is 0 Å². The van der Waals surface area contributed by atoms with E-state index in [1.807, 2.05) is 11.1 Å². The van der Waals surface area contributed by atoms with Crippen LogP contribution in [0.5, 0.6) is 0 Å². The molecule has 0 radical (unpaired) electrons. The molecule has 3 heterocycles. The van der Waals surface area contributed by atoms with Crippen molar-refractivity contribution >= 4 is 11.9 Å². The summed E-state index contributed by atoms with van der Waals surface area (Å²) in [5.74, 6) is 1.39. The molecule has 24 heavy (non-hydrogen) atoms. The Morgan fingerprint density at radius 2 is 1.88 bits per heavy atom. The maximum absolute atomic E-state index is 11.5. The SMILES string of the molecule is CC(=O)N1CCN(c2ncc(-c3cnccn3)c(C3CC3)n2)CC1. The van der Waals surface area contributed by atoms with Gasteiger partial charge in [-0.25, -0.2) is 9.97 Å².